The van der Waals surface area contributed by atoms with E-state index in [1.807, 2.05) is 30.3 Å². The van der Waals surface area contributed by atoms with Crippen molar-refractivity contribution in [1.29, 1.82) is 0 Å². The average molecular weight is 635 g/mol. The third-order valence-electron chi connectivity index (χ3n) is 8.29. The number of rotatable bonds is 6. The normalized spacial score (nSPS) is 21.4. The molecule has 4 nitrogen and oxygen atoms in total. The Kier molecular flexibility index (Phi) is 12.9. The second-order valence-electron chi connectivity index (χ2n) is 13.3. The predicted octanol–water partition coefficient (Wildman–Crippen LogP) is 6.25. The van der Waals surface area contributed by atoms with E-state index in [2.05, 4.69) is 115 Å². The standard InChI is InChI=1S/C29H47N4P2.C5H5.Fe/c1-27(2,3)35(28(4,5)6)20-23-16-22(21-10-8-7-9-11-21)17-24(23)29(34,25-18-30-12-14-32-25)26-19-31-13-15-33-26;1-2-4-5-3-1;/h7-11,16-17,25-26,30-33H,12-15,18-20,34H2,1-6H3;1-5H;/q-1;-5;. The Bertz CT molecular complexity index is 1090. The molecule has 4 N–H and O–H groups in total. The van der Waals surface area contributed by atoms with Crippen LogP contribution in [-0.2, 0) is 28.4 Å². The first-order chi connectivity index (χ1) is 19.0. The summed E-state index contributed by atoms with van der Waals surface area (Å²) in [6.45, 7) is 20.7. The topological polar surface area (TPSA) is 48.1 Å². The maximum Gasteiger partial charge on any atom is 0.0319 e. The van der Waals surface area contributed by atoms with Crippen molar-refractivity contribution in [2.75, 3.05) is 39.3 Å². The minimum atomic E-state index is -0.254. The number of nitrogens with one attached hydrogen (secondary N) is 4. The molecule has 0 amide bonds. The van der Waals surface area contributed by atoms with E-state index in [0.717, 1.165) is 45.4 Å². The summed E-state index contributed by atoms with van der Waals surface area (Å²) in [6, 6.07) is 26.7. The van der Waals surface area contributed by atoms with E-state index in [-0.39, 0.29) is 40.5 Å². The minimum absolute atomic E-state index is 0. The second kappa shape index (κ2) is 15.2. The minimum Gasteiger partial charge on any atom is -0.748 e. The van der Waals surface area contributed by atoms with Gasteiger partial charge >= 0.3 is 0 Å². The fourth-order valence-electron chi connectivity index (χ4n) is 6.46. The van der Waals surface area contributed by atoms with Gasteiger partial charge in [0.05, 0.1) is 0 Å². The molecule has 3 aromatic carbocycles. The Hall–Kier alpha value is -0.861. The summed E-state index contributed by atoms with van der Waals surface area (Å²) in [5.74, 6) is 0. The van der Waals surface area contributed by atoms with E-state index in [1.54, 1.807) is 0 Å². The fourth-order valence-corrected chi connectivity index (χ4v) is 10.8. The van der Waals surface area contributed by atoms with Crippen LogP contribution in [0.5, 0.6) is 0 Å². The molecule has 0 aliphatic carbocycles. The van der Waals surface area contributed by atoms with E-state index in [0.29, 0.717) is 12.1 Å². The summed E-state index contributed by atoms with van der Waals surface area (Å²) in [6.07, 6.45) is 1.15. The van der Waals surface area contributed by atoms with Gasteiger partial charge in [0.25, 0.3) is 0 Å². The van der Waals surface area contributed by atoms with E-state index in [9.17, 15) is 0 Å². The Morgan fingerprint density at radius 1 is 0.780 bits per heavy atom. The molecule has 0 spiro atoms. The van der Waals surface area contributed by atoms with Crippen LogP contribution in [0, 0.1) is 0 Å². The molecule has 3 unspecified atom stereocenters. The number of hydrogen-bond donors (Lipinski definition) is 4. The molecule has 2 saturated heterocycles. The zero-order valence-electron chi connectivity index (χ0n) is 25.9. The van der Waals surface area contributed by atoms with Crippen molar-refractivity contribution in [1.82, 2.24) is 21.3 Å². The largest absolute Gasteiger partial charge is 0.748 e. The van der Waals surface area contributed by atoms with Crippen LogP contribution >= 0.6 is 17.2 Å². The zero-order valence-corrected chi connectivity index (χ0v) is 29.1. The molecule has 41 heavy (non-hydrogen) atoms. The Morgan fingerprint density at radius 2 is 1.27 bits per heavy atom. The maximum absolute atomic E-state index is 3.90. The molecule has 5 rings (SSSR count). The summed E-state index contributed by atoms with van der Waals surface area (Å²) in [5.41, 5.74) is 5.71. The molecule has 2 aliphatic rings. The summed E-state index contributed by atoms with van der Waals surface area (Å²) in [5, 5.41) is 15.6. The van der Waals surface area contributed by atoms with Crippen molar-refractivity contribution < 1.29 is 17.1 Å². The smallest absolute Gasteiger partial charge is 0.0319 e. The van der Waals surface area contributed by atoms with E-state index >= 15 is 0 Å². The molecule has 3 aromatic rings. The van der Waals surface area contributed by atoms with Gasteiger partial charge in [-0.15, -0.1) is 22.7 Å². The fraction of sp³-hybridized carbons (Fsp3) is 0.529. The average Bonchev–Trinajstić information content (AvgIpc) is 3.66. The molecular formula is C34H52FeN4P2-6. The van der Waals surface area contributed by atoms with Crippen LogP contribution in [-0.4, -0.2) is 61.7 Å². The number of benzene rings is 1. The van der Waals surface area contributed by atoms with E-state index in [1.165, 1.54) is 22.3 Å². The number of piperazine rings is 2. The van der Waals surface area contributed by atoms with Gasteiger partial charge in [0.1, 0.15) is 0 Å². The molecule has 7 heteroatoms. The summed E-state index contributed by atoms with van der Waals surface area (Å²) in [7, 11) is 3.12. The first kappa shape index (κ1) is 34.6. The van der Waals surface area contributed by atoms with Gasteiger partial charge in [-0.2, -0.15) is 17.2 Å². The SMILES string of the molecule is CC(C)(C)P(C[c-]1cc(-c2ccccc2)cc1C(P)(C1CNCCN1)C1CNCCN1)C(C)(C)C.[Fe].[cH-]1[cH-][cH-][cH-][cH-]1. The maximum atomic E-state index is 3.90. The first-order valence-electron chi connectivity index (χ1n) is 15.0. The van der Waals surface area contributed by atoms with Crippen LogP contribution in [0.25, 0.3) is 11.1 Å². The second-order valence-corrected chi connectivity index (χ2v) is 18.1. The Balaban J connectivity index is 0.000000696. The zero-order chi connectivity index (χ0) is 28.8. The van der Waals surface area contributed by atoms with Crippen molar-refractivity contribution in [2.24, 2.45) is 0 Å². The third kappa shape index (κ3) is 8.84. The van der Waals surface area contributed by atoms with Gasteiger partial charge in [-0.3, -0.25) is 0 Å². The van der Waals surface area contributed by atoms with Gasteiger partial charge in [0.2, 0.25) is 0 Å². The molecule has 3 atom stereocenters. The molecular weight excluding hydrogens is 582 g/mol. The molecule has 0 saturated carbocycles. The van der Waals surface area contributed by atoms with E-state index < -0.39 is 0 Å². The predicted molar refractivity (Wildman–Crippen MR) is 180 cm³/mol. The number of hydrogen-bond acceptors (Lipinski definition) is 4. The van der Waals surface area contributed by atoms with Gasteiger partial charge in [-0.1, -0.05) is 83.6 Å². The third-order valence-corrected chi connectivity index (χ3v) is 13.3. The molecule has 2 heterocycles. The van der Waals surface area contributed by atoms with Crippen LogP contribution < -0.4 is 21.3 Å². The first-order valence-corrected chi connectivity index (χ1v) is 17.1. The van der Waals surface area contributed by atoms with Crippen LogP contribution in [0.15, 0.2) is 72.8 Å². The van der Waals surface area contributed by atoms with Gasteiger partial charge < -0.3 is 51.6 Å². The van der Waals surface area contributed by atoms with Crippen LogP contribution in [0.1, 0.15) is 52.7 Å². The van der Waals surface area contributed by atoms with Gasteiger partial charge in [-0.25, -0.2) is 6.07 Å². The summed E-state index contributed by atoms with van der Waals surface area (Å²) < 4.78 is 0. The van der Waals surface area contributed by atoms with Crippen molar-refractivity contribution in [3.63, 3.8) is 0 Å². The van der Waals surface area contributed by atoms with Crippen molar-refractivity contribution in [2.45, 2.75) is 75.3 Å². The molecule has 0 aromatic heterocycles. The summed E-state index contributed by atoms with van der Waals surface area (Å²) >= 11 is 0. The monoisotopic (exact) mass is 634 g/mol. The molecule has 0 radical (unpaired) electrons. The van der Waals surface area contributed by atoms with Crippen molar-refractivity contribution in [3.05, 3.63) is 83.9 Å². The summed E-state index contributed by atoms with van der Waals surface area (Å²) in [4.78, 5) is 0. The van der Waals surface area contributed by atoms with Gasteiger partial charge in [0, 0.05) is 73.6 Å². The van der Waals surface area contributed by atoms with Crippen molar-refractivity contribution in [3.8, 4) is 11.1 Å². The Morgan fingerprint density at radius 3 is 1.68 bits per heavy atom. The quantitative estimate of drug-likeness (QED) is 0.147. The van der Waals surface area contributed by atoms with Crippen molar-refractivity contribution >= 4 is 17.2 Å². The van der Waals surface area contributed by atoms with Crippen LogP contribution in [0.2, 0.25) is 0 Å². The van der Waals surface area contributed by atoms with Crippen LogP contribution in [0.4, 0.5) is 0 Å². The molecule has 0 bridgehead atoms. The Labute approximate surface area is 264 Å². The molecule has 232 valence electrons. The van der Waals surface area contributed by atoms with Crippen LogP contribution in [0.3, 0.4) is 0 Å². The molecule has 2 aliphatic heterocycles. The van der Waals surface area contributed by atoms with E-state index in [4.69, 9.17) is 0 Å². The molecule has 2 fully saturated rings. The van der Waals surface area contributed by atoms with Gasteiger partial charge in [-0.05, 0) is 10.3 Å². The van der Waals surface area contributed by atoms with Gasteiger partial charge in [0.15, 0.2) is 0 Å².